The van der Waals surface area contributed by atoms with E-state index >= 15 is 0 Å². The van der Waals surface area contributed by atoms with Gasteiger partial charge in [0.25, 0.3) is 5.91 Å². The number of nitrogens with zero attached hydrogens (tertiary/aromatic N) is 3. The third-order valence-corrected chi connectivity index (χ3v) is 2.73. The number of nitrogens with one attached hydrogen (secondary N) is 2. The lowest BCUT2D eigenvalue weighted by atomic mass is 10.1. The van der Waals surface area contributed by atoms with Crippen LogP contribution in [0.4, 0.5) is 0 Å². The molecule has 0 spiro atoms. The Morgan fingerprint density at radius 2 is 2.62 bits per heavy atom. The molecule has 6 heteroatoms. The lowest BCUT2D eigenvalue weighted by molar-refractivity contribution is 0.0950. The molecule has 0 saturated carbocycles. The van der Waals surface area contributed by atoms with E-state index in [1.165, 1.54) is 0 Å². The van der Waals surface area contributed by atoms with Crippen molar-refractivity contribution in [2.45, 2.75) is 25.8 Å². The molecule has 16 heavy (non-hydrogen) atoms. The highest BCUT2D eigenvalue weighted by atomic mass is 16.1. The van der Waals surface area contributed by atoms with Crippen LogP contribution in [0.25, 0.3) is 0 Å². The van der Waals surface area contributed by atoms with Gasteiger partial charge >= 0.3 is 0 Å². The van der Waals surface area contributed by atoms with Crippen molar-refractivity contribution in [1.29, 1.82) is 0 Å². The number of carbonyl (C=O) groups excluding carboxylic acids is 1. The molecule has 0 aliphatic carbocycles. The molecule has 2 heterocycles. The molecule has 1 atom stereocenters. The number of rotatable bonds is 3. The van der Waals surface area contributed by atoms with Crippen LogP contribution in [0.5, 0.6) is 0 Å². The summed E-state index contributed by atoms with van der Waals surface area (Å²) in [7, 11) is 0. The first kappa shape index (κ1) is 11.1. The van der Waals surface area contributed by atoms with Gasteiger partial charge in [-0.2, -0.15) is 0 Å². The number of carbonyl (C=O) groups is 1. The molecule has 0 unspecified atom stereocenters. The van der Waals surface area contributed by atoms with Crippen molar-refractivity contribution < 1.29 is 4.79 Å². The van der Waals surface area contributed by atoms with Crippen LogP contribution >= 0.6 is 0 Å². The summed E-state index contributed by atoms with van der Waals surface area (Å²) < 4.78 is 1.79. The van der Waals surface area contributed by atoms with Crippen molar-refractivity contribution in [1.82, 2.24) is 25.6 Å². The van der Waals surface area contributed by atoms with Gasteiger partial charge in [0.05, 0.1) is 12.2 Å². The molecule has 1 aromatic heterocycles. The standard InChI is InChI=1S/C10H17N5O/c1-2-12-10(16)9-7-15(14-13-9)8-4-3-5-11-6-8/h7-8,11H,2-6H2,1H3,(H,12,16)/t8-/m1/s1. The summed E-state index contributed by atoms with van der Waals surface area (Å²) in [5, 5.41) is 13.9. The van der Waals surface area contributed by atoms with Crippen LogP contribution < -0.4 is 10.6 Å². The number of aromatic nitrogens is 3. The summed E-state index contributed by atoms with van der Waals surface area (Å²) in [4.78, 5) is 11.5. The maximum atomic E-state index is 11.5. The zero-order valence-corrected chi connectivity index (χ0v) is 9.44. The second-order valence-electron chi connectivity index (χ2n) is 3.94. The monoisotopic (exact) mass is 223 g/mol. The summed E-state index contributed by atoms with van der Waals surface area (Å²) in [6, 6.07) is 0.324. The third-order valence-electron chi connectivity index (χ3n) is 2.73. The van der Waals surface area contributed by atoms with E-state index in [-0.39, 0.29) is 5.91 Å². The van der Waals surface area contributed by atoms with E-state index in [9.17, 15) is 4.79 Å². The zero-order chi connectivity index (χ0) is 11.4. The first-order valence-corrected chi connectivity index (χ1v) is 5.72. The minimum atomic E-state index is -0.155. The average Bonchev–Trinajstić information content (AvgIpc) is 2.80. The minimum Gasteiger partial charge on any atom is -0.351 e. The molecule has 1 fully saturated rings. The molecule has 1 saturated heterocycles. The molecular weight excluding hydrogens is 206 g/mol. The average molecular weight is 223 g/mol. The van der Waals surface area contributed by atoms with Gasteiger partial charge < -0.3 is 10.6 Å². The van der Waals surface area contributed by atoms with Crippen LogP contribution in [0.3, 0.4) is 0 Å². The largest absolute Gasteiger partial charge is 0.351 e. The van der Waals surface area contributed by atoms with Gasteiger partial charge in [-0.15, -0.1) is 5.10 Å². The fourth-order valence-corrected chi connectivity index (χ4v) is 1.87. The molecule has 1 aliphatic heterocycles. The molecule has 2 rings (SSSR count). The van der Waals surface area contributed by atoms with Crippen LogP contribution in [0.15, 0.2) is 6.20 Å². The van der Waals surface area contributed by atoms with Crippen molar-refractivity contribution in [3.8, 4) is 0 Å². The van der Waals surface area contributed by atoms with Gasteiger partial charge in [0.1, 0.15) is 0 Å². The van der Waals surface area contributed by atoms with Gasteiger partial charge in [-0.1, -0.05) is 5.21 Å². The normalized spacial score (nSPS) is 20.7. The fourth-order valence-electron chi connectivity index (χ4n) is 1.87. The molecule has 2 N–H and O–H groups in total. The predicted molar refractivity (Wildman–Crippen MR) is 59.2 cm³/mol. The quantitative estimate of drug-likeness (QED) is 0.753. The van der Waals surface area contributed by atoms with Crippen LogP contribution in [-0.4, -0.2) is 40.5 Å². The second-order valence-corrected chi connectivity index (χ2v) is 3.94. The molecule has 1 amide bonds. The lowest BCUT2D eigenvalue weighted by Gasteiger charge is -2.22. The van der Waals surface area contributed by atoms with Crippen molar-refractivity contribution in [3.63, 3.8) is 0 Å². The highest BCUT2D eigenvalue weighted by molar-refractivity contribution is 5.91. The number of amides is 1. The number of hydrogen-bond acceptors (Lipinski definition) is 4. The smallest absolute Gasteiger partial charge is 0.273 e. The molecule has 6 nitrogen and oxygen atoms in total. The SMILES string of the molecule is CCNC(=O)c1cn([C@@H]2CCCNC2)nn1. The summed E-state index contributed by atoms with van der Waals surface area (Å²) in [5.74, 6) is -0.155. The molecule has 1 aliphatic rings. The predicted octanol–water partition coefficient (Wildman–Crippen LogP) is -0.0477. The minimum absolute atomic E-state index is 0.155. The Kier molecular flexibility index (Phi) is 3.51. The van der Waals surface area contributed by atoms with Crippen LogP contribution in [-0.2, 0) is 0 Å². The number of piperidine rings is 1. The first-order valence-electron chi connectivity index (χ1n) is 5.72. The molecule has 0 aromatic carbocycles. The second kappa shape index (κ2) is 5.07. The molecule has 88 valence electrons. The molecule has 0 bridgehead atoms. The van der Waals surface area contributed by atoms with E-state index in [1.54, 1.807) is 10.9 Å². The summed E-state index contributed by atoms with van der Waals surface area (Å²) in [5.41, 5.74) is 0.396. The van der Waals surface area contributed by atoms with Gasteiger partial charge in [-0.05, 0) is 26.3 Å². The van der Waals surface area contributed by atoms with Crippen LogP contribution in [0.1, 0.15) is 36.3 Å². The Bertz CT molecular complexity index is 356. The van der Waals surface area contributed by atoms with Crippen molar-refractivity contribution in [2.75, 3.05) is 19.6 Å². The molecule has 0 radical (unpaired) electrons. The van der Waals surface area contributed by atoms with Gasteiger partial charge in [0.2, 0.25) is 0 Å². The maximum absolute atomic E-state index is 11.5. The zero-order valence-electron chi connectivity index (χ0n) is 9.44. The van der Waals surface area contributed by atoms with E-state index < -0.39 is 0 Å². The fraction of sp³-hybridized carbons (Fsp3) is 0.700. The topological polar surface area (TPSA) is 71.8 Å². The van der Waals surface area contributed by atoms with E-state index in [2.05, 4.69) is 20.9 Å². The summed E-state index contributed by atoms with van der Waals surface area (Å²) in [6.07, 6.45) is 3.95. The highest BCUT2D eigenvalue weighted by Gasteiger charge is 2.18. The van der Waals surface area contributed by atoms with E-state index in [0.717, 1.165) is 25.9 Å². The van der Waals surface area contributed by atoms with E-state index in [0.29, 0.717) is 18.3 Å². The lowest BCUT2D eigenvalue weighted by Crippen LogP contribution is -2.32. The summed E-state index contributed by atoms with van der Waals surface area (Å²) in [6.45, 7) is 4.45. The van der Waals surface area contributed by atoms with Gasteiger partial charge in [0.15, 0.2) is 5.69 Å². The Labute approximate surface area is 94.4 Å². The highest BCUT2D eigenvalue weighted by Crippen LogP contribution is 2.14. The van der Waals surface area contributed by atoms with Crippen molar-refractivity contribution in [2.24, 2.45) is 0 Å². The van der Waals surface area contributed by atoms with E-state index in [1.807, 2.05) is 6.92 Å². The Morgan fingerprint density at radius 3 is 3.31 bits per heavy atom. The maximum Gasteiger partial charge on any atom is 0.273 e. The van der Waals surface area contributed by atoms with Gasteiger partial charge in [-0.3, -0.25) is 4.79 Å². The Hall–Kier alpha value is -1.43. The molecule has 1 aromatic rings. The Balaban J connectivity index is 2.03. The van der Waals surface area contributed by atoms with Crippen LogP contribution in [0.2, 0.25) is 0 Å². The molecular formula is C10H17N5O. The third kappa shape index (κ3) is 2.38. The van der Waals surface area contributed by atoms with Gasteiger partial charge in [0, 0.05) is 13.1 Å². The van der Waals surface area contributed by atoms with Gasteiger partial charge in [-0.25, -0.2) is 4.68 Å². The summed E-state index contributed by atoms with van der Waals surface area (Å²) >= 11 is 0. The van der Waals surface area contributed by atoms with Crippen molar-refractivity contribution >= 4 is 5.91 Å². The Morgan fingerprint density at radius 1 is 1.75 bits per heavy atom. The first-order chi connectivity index (χ1) is 7.81. The van der Waals surface area contributed by atoms with Crippen molar-refractivity contribution in [3.05, 3.63) is 11.9 Å². The van der Waals surface area contributed by atoms with Crippen LogP contribution in [0, 0.1) is 0 Å². The van der Waals surface area contributed by atoms with E-state index in [4.69, 9.17) is 0 Å². The number of hydrogen-bond donors (Lipinski definition) is 2.